The van der Waals surface area contributed by atoms with Gasteiger partial charge in [0.25, 0.3) is 0 Å². The maximum atomic E-state index is 11.1. The Bertz CT molecular complexity index is 855. The second-order valence-corrected chi connectivity index (χ2v) is 12.4. The molecule has 3 rings (SSSR count). The molecular formula is C27H46CaO4S. The van der Waals surface area contributed by atoms with Crippen molar-refractivity contribution in [2.24, 2.45) is 29.1 Å². The monoisotopic (exact) mass is 506 g/mol. The average Bonchev–Trinajstić information content (AvgIpc) is 3.04. The van der Waals surface area contributed by atoms with Gasteiger partial charge in [-0.3, -0.25) is 4.55 Å². The molecule has 0 amide bonds. The van der Waals surface area contributed by atoms with Crippen LogP contribution in [0.3, 0.4) is 0 Å². The molecule has 4 nitrogen and oxygen atoms in total. The number of allylic oxidation sites excluding steroid dienone is 4. The normalized spacial score (nSPS) is 33.9. The molecule has 5 atom stereocenters. The summed E-state index contributed by atoms with van der Waals surface area (Å²) in [6.45, 7) is 13.9. The maximum Gasteiger partial charge on any atom is 2.00 e. The fourth-order valence-electron chi connectivity index (χ4n) is 6.90. The Morgan fingerprint density at radius 3 is 2.58 bits per heavy atom. The minimum absolute atomic E-state index is 0. The van der Waals surface area contributed by atoms with Crippen LogP contribution in [-0.2, 0) is 14.6 Å². The summed E-state index contributed by atoms with van der Waals surface area (Å²) in [4.78, 5) is 0. The van der Waals surface area contributed by atoms with Gasteiger partial charge in [-0.2, -0.15) is 8.42 Å². The van der Waals surface area contributed by atoms with Crippen LogP contribution in [0.15, 0.2) is 35.5 Å². The summed E-state index contributed by atoms with van der Waals surface area (Å²) in [5.41, 5.74) is 4.08. The van der Waals surface area contributed by atoms with E-state index < -0.39 is 16.5 Å². The van der Waals surface area contributed by atoms with E-state index >= 15 is 0 Å². The molecule has 6 heteroatoms. The van der Waals surface area contributed by atoms with Crippen molar-refractivity contribution >= 4 is 48.1 Å². The quantitative estimate of drug-likeness (QED) is 0.277. The molecule has 3 saturated carbocycles. The van der Waals surface area contributed by atoms with Gasteiger partial charge in [-0.25, -0.2) is 4.18 Å². The molecule has 0 spiro atoms. The third-order valence-electron chi connectivity index (χ3n) is 8.59. The van der Waals surface area contributed by atoms with E-state index in [0.29, 0.717) is 30.6 Å². The van der Waals surface area contributed by atoms with Crippen LogP contribution in [0.25, 0.3) is 0 Å². The zero-order valence-corrected chi connectivity index (χ0v) is 24.3. The van der Waals surface area contributed by atoms with Crippen molar-refractivity contribution < 1.29 is 20.0 Å². The van der Waals surface area contributed by atoms with E-state index in [1.165, 1.54) is 44.9 Å². The van der Waals surface area contributed by atoms with Crippen LogP contribution in [0.1, 0.15) is 101 Å². The van der Waals surface area contributed by atoms with Crippen molar-refractivity contribution in [1.29, 1.82) is 0 Å². The van der Waals surface area contributed by atoms with Crippen molar-refractivity contribution in [3.63, 3.8) is 0 Å². The largest absolute Gasteiger partial charge is 2.00 e. The minimum atomic E-state index is -4.42. The van der Waals surface area contributed by atoms with Crippen molar-refractivity contribution in [3.8, 4) is 0 Å². The van der Waals surface area contributed by atoms with Crippen LogP contribution < -0.4 is 0 Å². The first kappa shape index (κ1) is 29.6. The van der Waals surface area contributed by atoms with Crippen LogP contribution in [0, 0.1) is 29.1 Å². The molecule has 0 aromatic rings. The first-order valence-electron chi connectivity index (χ1n) is 12.7. The molecule has 0 aliphatic heterocycles. The Balaban J connectivity index is 0.00000385. The van der Waals surface area contributed by atoms with Crippen LogP contribution in [0.4, 0.5) is 0 Å². The van der Waals surface area contributed by atoms with Gasteiger partial charge in [-0.05, 0) is 79.6 Å². The summed E-state index contributed by atoms with van der Waals surface area (Å²) in [5, 5.41) is 0. The van der Waals surface area contributed by atoms with Gasteiger partial charge in [0.15, 0.2) is 0 Å². The van der Waals surface area contributed by atoms with E-state index in [1.807, 2.05) is 0 Å². The molecule has 0 radical (unpaired) electrons. The second-order valence-electron chi connectivity index (χ2n) is 11.3. The number of rotatable bonds is 8. The Morgan fingerprint density at radius 2 is 1.91 bits per heavy atom. The number of hydrogen-bond donors (Lipinski definition) is 1. The van der Waals surface area contributed by atoms with Crippen LogP contribution >= 0.6 is 0 Å². The van der Waals surface area contributed by atoms with Gasteiger partial charge in [0.1, 0.15) is 0 Å². The molecule has 0 aromatic heterocycles. The van der Waals surface area contributed by atoms with E-state index in [-0.39, 0.29) is 40.6 Å². The molecule has 3 aliphatic rings. The maximum absolute atomic E-state index is 11.1. The van der Waals surface area contributed by atoms with Crippen LogP contribution in [0.2, 0.25) is 0 Å². The summed E-state index contributed by atoms with van der Waals surface area (Å²) in [6.07, 6.45) is 16.1. The Morgan fingerprint density at radius 1 is 1.18 bits per heavy atom. The summed E-state index contributed by atoms with van der Waals surface area (Å²) in [7, 11) is -4.42. The molecule has 0 saturated heterocycles. The molecule has 3 aliphatic carbocycles. The molecule has 0 heterocycles. The number of hydrogen-bond acceptors (Lipinski definition) is 3. The summed E-state index contributed by atoms with van der Waals surface area (Å²) in [5.74, 6) is 3.06. The van der Waals surface area contributed by atoms with Gasteiger partial charge in [0, 0.05) is 6.42 Å². The van der Waals surface area contributed by atoms with Gasteiger partial charge in [-0.1, -0.05) is 76.8 Å². The van der Waals surface area contributed by atoms with Gasteiger partial charge in [0.05, 0.1) is 6.10 Å². The van der Waals surface area contributed by atoms with Crippen molar-refractivity contribution in [3.05, 3.63) is 35.5 Å². The van der Waals surface area contributed by atoms with Crippen molar-refractivity contribution in [2.75, 3.05) is 0 Å². The zero-order valence-electron chi connectivity index (χ0n) is 23.3. The molecule has 0 aromatic carbocycles. The van der Waals surface area contributed by atoms with Crippen LogP contribution in [-0.4, -0.2) is 56.8 Å². The van der Waals surface area contributed by atoms with Gasteiger partial charge in [-0.15, -0.1) is 0 Å². The standard InChI is InChI=1S/C27H44O4S.Ca.2H/c1-19(2)8-6-9-21(4)25-15-16-26-22(10-7-17-27(25,26)5)12-13-23-18-24(14-11-20(23)3)31-32(28,29)30;;;/h12-13,19,21,24-26H,3,6-11,14-18H2,1-2,4-5H3,(H,28,29,30);;;/q;+2;2*-1/b22-12+,23-13-;;;/t21-,24+,25-,26+,27-;;;/m1.../s1. The average molecular weight is 507 g/mol. The molecule has 3 fully saturated rings. The third kappa shape index (κ3) is 7.92. The SMILES string of the molecule is C=C1CC[C@H](OS(=O)(=O)O)C/C1=C/C=C1\CCC[C@]2(C)[C@@H]([C@H](C)CCCC(C)C)CC[C@@H]12.[Ca+2].[H-].[H-]. The topological polar surface area (TPSA) is 63.6 Å². The first-order valence-corrected chi connectivity index (χ1v) is 14.1. The van der Waals surface area contributed by atoms with Gasteiger partial charge in [0.2, 0.25) is 0 Å². The summed E-state index contributed by atoms with van der Waals surface area (Å²) >= 11 is 0. The molecule has 0 unspecified atom stereocenters. The van der Waals surface area contributed by atoms with E-state index in [1.54, 1.807) is 5.57 Å². The first-order chi connectivity index (χ1) is 15.0. The molecule has 33 heavy (non-hydrogen) atoms. The Kier molecular flexibility index (Phi) is 11.2. The third-order valence-corrected chi connectivity index (χ3v) is 9.11. The van der Waals surface area contributed by atoms with E-state index in [9.17, 15) is 8.42 Å². The molecule has 0 bridgehead atoms. The predicted molar refractivity (Wildman–Crippen MR) is 140 cm³/mol. The minimum Gasteiger partial charge on any atom is -1.00 e. The van der Waals surface area contributed by atoms with E-state index in [2.05, 4.69) is 46.4 Å². The summed E-state index contributed by atoms with van der Waals surface area (Å²) < 4.78 is 36.1. The van der Waals surface area contributed by atoms with Crippen molar-refractivity contribution in [1.82, 2.24) is 0 Å². The Hall–Kier alpha value is 0.350. The zero-order chi connectivity index (χ0) is 23.5. The van der Waals surface area contributed by atoms with E-state index in [0.717, 1.165) is 35.3 Å². The van der Waals surface area contributed by atoms with E-state index in [4.69, 9.17) is 8.74 Å². The smallest absolute Gasteiger partial charge is 1.00 e. The molecule has 186 valence electrons. The van der Waals surface area contributed by atoms with Gasteiger partial charge < -0.3 is 2.85 Å². The van der Waals surface area contributed by atoms with Crippen molar-refractivity contribution in [2.45, 2.75) is 104 Å². The van der Waals surface area contributed by atoms with Crippen LogP contribution in [0.5, 0.6) is 0 Å². The molecular weight excluding hydrogens is 460 g/mol. The second kappa shape index (κ2) is 12.5. The molecule has 1 N–H and O–H groups in total. The predicted octanol–water partition coefficient (Wildman–Crippen LogP) is 7.29. The Labute approximate surface area is 235 Å². The van der Waals surface area contributed by atoms with Gasteiger partial charge >= 0.3 is 48.1 Å². The fraction of sp³-hybridized carbons (Fsp3) is 0.778. The number of fused-ring (bicyclic) bond motifs is 1. The summed E-state index contributed by atoms with van der Waals surface area (Å²) in [6, 6.07) is 0. The fourth-order valence-corrected chi connectivity index (χ4v) is 7.41.